The Morgan fingerprint density at radius 1 is 1.03 bits per heavy atom. The van der Waals surface area contributed by atoms with Gasteiger partial charge in [-0.1, -0.05) is 13.8 Å². The van der Waals surface area contributed by atoms with Gasteiger partial charge in [0.15, 0.2) is 5.96 Å². The number of hydrogen-bond donors (Lipinski definition) is 9. The van der Waals surface area contributed by atoms with Gasteiger partial charge in [-0.3, -0.25) is 24.2 Å². The van der Waals surface area contributed by atoms with Crippen LogP contribution in [0.1, 0.15) is 38.8 Å². The molecule has 0 fully saturated rings. The topological polar surface area (TPSA) is 287 Å². The van der Waals surface area contributed by atoms with Gasteiger partial charge in [0.2, 0.25) is 23.6 Å². The fourth-order valence-electron chi connectivity index (χ4n) is 3.23. The van der Waals surface area contributed by atoms with Gasteiger partial charge in [-0.05, 0) is 18.8 Å². The second kappa shape index (κ2) is 15.0. The molecular weight excluding hydrogens is 488 g/mol. The minimum absolute atomic E-state index is 0.0553. The zero-order valence-corrected chi connectivity index (χ0v) is 20.8. The number of carboxylic acids is 1. The van der Waals surface area contributed by atoms with E-state index in [9.17, 15) is 29.1 Å². The van der Waals surface area contributed by atoms with E-state index >= 15 is 0 Å². The van der Waals surface area contributed by atoms with Crippen LogP contribution in [0.25, 0.3) is 0 Å². The van der Waals surface area contributed by atoms with E-state index in [2.05, 4.69) is 30.9 Å². The lowest BCUT2D eigenvalue weighted by Gasteiger charge is -2.25. The Bertz CT molecular complexity index is 961. The fourth-order valence-corrected chi connectivity index (χ4v) is 3.23. The molecule has 4 amide bonds. The molecule has 37 heavy (non-hydrogen) atoms. The number of aromatic amines is 1. The van der Waals surface area contributed by atoms with Gasteiger partial charge in [-0.25, -0.2) is 9.78 Å². The quantitative estimate of drug-likeness (QED) is 0.0581. The third-order valence-corrected chi connectivity index (χ3v) is 5.18. The molecule has 0 aliphatic rings. The number of rotatable bonds is 16. The van der Waals surface area contributed by atoms with Gasteiger partial charge in [-0.15, -0.1) is 0 Å². The van der Waals surface area contributed by atoms with Crippen molar-refractivity contribution in [3.63, 3.8) is 0 Å². The van der Waals surface area contributed by atoms with Crippen LogP contribution in [0, 0.1) is 5.92 Å². The summed E-state index contributed by atoms with van der Waals surface area (Å²) in [6.45, 7) is 3.31. The molecule has 0 aliphatic heterocycles. The number of amides is 4. The highest BCUT2D eigenvalue weighted by Crippen LogP contribution is 2.06. The summed E-state index contributed by atoms with van der Waals surface area (Å²) in [5.41, 5.74) is 22.4. The number of primary amides is 1. The number of nitrogens with two attached hydrogens (primary N) is 4. The number of carbonyl (C=O) groups is 5. The number of guanidine groups is 1. The second-order valence-corrected chi connectivity index (χ2v) is 8.70. The first-order valence-corrected chi connectivity index (χ1v) is 11.5. The number of imidazole rings is 1. The van der Waals surface area contributed by atoms with Crippen LogP contribution >= 0.6 is 0 Å². The van der Waals surface area contributed by atoms with E-state index in [1.807, 2.05) is 0 Å². The standard InChI is InChI=1S/C21H36N10O6/c1-10(2)16(20(36)37)31-19(35)14(7-15(23)32)30-18(34)13(4-3-5-27-21(24)25)29-17(33)12(22)6-11-8-26-9-28-11/h8-10,12-14,16H,3-7,22H2,1-2H3,(H2,23,32)(H,26,28)(H,29,33)(H,30,34)(H,31,35)(H,36,37)(H4,24,25,27). The number of aliphatic carboxylic acids is 1. The molecule has 13 N–H and O–H groups in total. The van der Waals surface area contributed by atoms with Crippen molar-refractivity contribution in [3.05, 3.63) is 18.2 Å². The van der Waals surface area contributed by atoms with E-state index in [0.29, 0.717) is 5.69 Å². The number of hydrogen-bond acceptors (Lipinski definition) is 8. The minimum atomic E-state index is -1.48. The smallest absolute Gasteiger partial charge is 0.326 e. The Labute approximate surface area is 213 Å². The molecular formula is C21H36N10O6. The number of H-pyrrole nitrogens is 1. The highest BCUT2D eigenvalue weighted by molar-refractivity contribution is 5.96. The Hall–Kier alpha value is -4.21. The molecule has 0 saturated carbocycles. The lowest BCUT2D eigenvalue weighted by Crippen LogP contribution is -2.58. The maximum atomic E-state index is 13.1. The van der Waals surface area contributed by atoms with Crippen molar-refractivity contribution in [1.82, 2.24) is 25.9 Å². The molecule has 0 aliphatic carbocycles. The van der Waals surface area contributed by atoms with Gasteiger partial charge in [-0.2, -0.15) is 0 Å². The Morgan fingerprint density at radius 2 is 1.65 bits per heavy atom. The SMILES string of the molecule is CC(C)C(NC(=O)C(CC(N)=O)NC(=O)C(CCCN=C(N)N)NC(=O)C(N)Cc1cnc[nH]1)C(=O)O. The monoisotopic (exact) mass is 524 g/mol. The van der Waals surface area contributed by atoms with Crippen LogP contribution in [0.15, 0.2) is 17.5 Å². The average Bonchev–Trinajstić information content (AvgIpc) is 3.30. The van der Waals surface area contributed by atoms with Crippen molar-refractivity contribution < 1.29 is 29.1 Å². The minimum Gasteiger partial charge on any atom is -0.480 e. The van der Waals surface area contributed by atoms with Crippen molar-refractivity contribution >= 4 is 35.6 Å². The second-order valence-electron chi connectivity index (χ2n) is 8.70. The first-order chi connectivity index (χ1) is 17.3. The number of aliphatic imine (C=N–C) groups is 1. The summed E-state index contributed by atoms with van der Waals surface area (Å²) in [6.07, 6.45) is 2.77. The molecule has 16 heteroatoms. The van der Waals surface area contributed by atoms with Crippen LogP contribution in [-0.2, 0) is 30.4 Å². The lowest BCUT2D eigenvalue weighted by atomic mass is 10.0. The number of nitrogens with zero attached hydrogens (tertiary/aromatic N) is 2. The zero-order chi connectivity index (χ0) is 28.1. The Morgan fingerprint density at radius 3 is 2.16 bits per heavy atom. The van der Waals surface area contributed by atoms with E-state index in [1.165, 1.54) is 12.5 Å². The largest absolute Gasteiger partial charge is 0.480 e. The van der Waals surface area contributed by atoms with Gasteiger partial charge in [0.05, 0.1) is 18.8 Å². The van der Waals surface area contributed by atoms with E-state index in [1.54, 1.807) is 13.8 Å². The number of carboxylic acid groups (broad SMARTS) is 1. The number of nitrogens with one attached hydrogen (secondary N) is 4. The molecule has 4 unspecified atom stereocenters. The molecule has 0 aromatic carbocycles. The van der Waals surface area contributed by atoms with Crippen LogP contribution in [0.5, 0.6) is 0 Å². The first-order valence-electron chi connectivity index (χ1n) is 11.5. The van der Waals surface area contributed by atoms with E-state index in [-0.39, 0.29) is 31.8 Å². The normalized spacial score (nSPS) is 14.1. The first kappa shape index (κ1) is 30.8. The van der Waals surface area contributed by atoms with Crippen molar-refractivity contribution in [1.29, 1.82) is 0 Å². The van der Waals surface area contributed by atoms with Gasteiger partial charge in [0.1, 0.15) is 18.1 Å². The summed E-state index contributed by atoms with van der Waals surface area (Å²) < 4.78 is 0. The number of aromatic nitrogens is 2. The third-order valence-electron chi connectivity index (χ3n) is 5.18. The highest BCUT2D eigenvalue weighted by atomic mass is 16.4. The molecule has 1 aromatic heterocycles. The summed E-state index contributed by atoms with van der Waals surface area (Å²) in [7, 11) is 0. The van der Waals surface area contributed by atoms with Crippen LogP contribution in [0.2, 0.25) is 0 Å². The summed E-state index contributed by atoms with van der Waals surface area (Å²) in [6, 6.07) is -4.96. The summed E-state index contributed by atoms with van der Waals surface area (Å²) in [5.74, 6) is -5.22. The molecule has 1 aromatic rings. The molecule has 0 bridgehead atoms. The van der Waals surface area contributed by atoms with Crippen molar-refractivity contribution in [2.24, 2.45) is 33.8 Å². The fraction of sp³-hybridized carbons (Fsp3) is 0.571. The molecule has 0 spiro atoms. The maximum Gasteiger partial charge on any atom is 0.326 e. The van der Waals surface area contributed by atoms with E-state index in [4.69, 9.17) is 22.9 Å². The highest BCUT2D eigenvalue weighted by Gasteiger charge is 2.32. The van der Waals surface area contributed by atoms with Crippen LogP contribution in [-0.4, -0.2) is 81.3 Å². The van der Waals surface area contributed by atoms with Crippen molar-refractivity contribution in [3.8, 4) is 0 Å². The molecule has 1 rings (SSSR count). The Balaban J connectivity index is 3.01. The average molecular weight is 525 g/mol. The zero-order valence-electron chi connectivity index (χ0n) is 20.8. The van der Waals surface area contributed by atoms with Crippen molar-refractivity contribution in [2.45, 2.75) is 63.7 Å². The maximum absolute atomic E-state index is 13.1. The molecule has 0 saturated heterocycles. The van der Waals surface area contributed by atoms with Crippen LogP contribution in [0.3, 0.4) is 0 Å². The summed E-state index contributed by atoms with van der Waals surface area (Å²) in [4.78, 5) is 72.0. The molecule has 206 valence electrons. The van der Waals surface area contributed by atoms with E-state index in [0.717, 1.165) is 0 Å². The molecule has 1 heterocycles. The van der Waals surface area contributed by atoms with Gasteiger partial charge in [0.25, 0.3) is 0 Å². The van der Waals surface area contributed by atoms with Crippen LogP contribution < -0.4 is 38.9 Å². The van der Waals surface area contributed by atoms with Gasteiger partial charge in [0, 0.05) is 24.9 Å². The molecule has 16 nitrogen and oxygen atoms in total. The van der Waals surface area contributed by atoms with Crippen molar-refractivity contribution in [2.75, 3.05) is 6.54 Å². The van der Waals surface area contributed by atoms with Gasteiger partial charge < -0.3 is 49.0 Å². The molecule has 4 atom stereocenters. The predicted molar refractivity (Wildman–Crippen MR) is 132 cm³/mol. The Kier molecular flexibility index (Phi) is 12.5. The molecule has 0 radical (unpaired) electrons. The van der Waals surface area contributed by atoms with Crippen LogP contribution in [0.4, 0.5) is 0 Å². The summed E-state index contributed by atoms with van der Waals surface area (Å²) in [5, 5.41) is 16.5. The van der Waals surface area contributed by atoms with Gasteiger partial charge >= 0.3 is 5.97 Å². The summed E-state index contributed by atoms with van der Waals surface area (Å²) >= 11 is 0. The lowest BCUT2D eigenvalue weighted by molar-refractivity contribution is -0.143. The third kappa shape index (κ3) is 11.4. The number of carbonyl (C=O) groups excluding carboxylic acids is 4. The van der Waals surface area contributed by atoms with E-state index < -0.39 is 66.1 Å². The predicted octanol–water partition coefficient (Wildman–Crippen LogP) is -3.60.